The highest BCUT2D eigenvalue weighted by atomic mass is 15.1. The normalized spacial score (nSPS) is 12.5. The molecule has 4 nitrogen and oxygen atoms in total. The minimum atomic E-state index is 0.140. The quantitative estimate of drug-likeness (QED) is 0.848. The van der Waals surface area contributed by atoms with Crippen LogP contribution >= 0.6 is 0 Å². The first kappa shape index (κ1) is 13.1. The van der Waals surface area contributed by atoms with Crippen molar-refractivity contribution in [3.8, 4) is 0 Å². The zero-order valence-electron chi connectivity index (χ0n) is 11.4. The lowest BCUT2D eigenvalue weighted by Gasteiger charge is -2.28. The van der Waals surface area contributed by atoms with Gasteiger partial charge in [0.05, 0.1) is 17.6 Å². The fraction of sp³-hybridized carbons (Fsp3) is 0.500. The van der Waals surface area contributed by atoms with E-state index in [4.69, 9.17) is 5.73 Å². The Hall–Kier alpha value is -1.39. The van der Waals surface area contributed by atoms with Crippen LogP contribution in [-0.4, -0.2) is 35.0 Å². The minimum absolute atomic E-state index is 0.140. The summed E-state index contributed by atoms with van der Waals surface area (Å²) in [5.41, 5.74) is 8.02. The van der Waals surface area contributed by atoms with E-state index in [0.717, 1.165) is 29.9 Å². The zero-order valence-corrected chi connectivity index (χ0v) is 11.4. The van der Waals surface area contributed by atoms with Crippen LogP contribution in [0.25, 0.3) is 11.0 Å². The molecule has 2 aromatic rings. The number of fused-ring (bicyclic) bond motifs is 1. The van der Waals surface area contributed by atoms with Crippen molar-refractivity contribution in [1.29, 1.82) is 0 Å². The smallest absolute Gasteiger partial charge is 0.121 e. The summed E-state index contributed by atoms with van der Waals surface area (Å²) in [7, 11) is 2.10. The number of rotatable bonds is 5. The maximum atomic E-state index is 5.76. The Kier molecular flexibility index (Phi) is 3.68. The predicted octanol–water partition coefficient (Wildman–Crippen LogP) is 1.98. The molecular weight excluding hydrogens is 224 g/mol. The van der Waals surface area contributed by atoms with E-state index in [0.29, 0.717) is 6.54 Å². The Morgan fingerprint density at radius 1 is 1.33 bits per heavy atom. The molecule has 0 aliphatic carbocycles. The molecule has 98 valence electrons. The molecule has 1 heterocycles. The summed E-state index contributed by atoms with van der Waals surface area (Å²) < 4.78 is 0. The second kappa shape index (κ2) is 5.08. The predicted molar refractivity (Wildman–Crippen MR) is 75.3 cm³/mol. The number of nitrogens with zero attached hydrogens (tertiary/aromatic N) is 2. The molecule has 1 aromatic heterocycles. The van der Waals surface area contributed by atoms with Crippen molar-refractivity contribution in [2.45, 2.75) is 20.4 Å². The third kappa shape index (κ3) is 3.09. The van der Waals surface area contributed by atoms with Crippen molar-refractivity contribution in [3.05, 3.63) is 30.1 Å². The highest BCUT2D eigenvalue weighted by Gasteiger charge is 2.18. The highest BCUT2D eigenvalue weighted by Crippen LogP contribution is 2.16. The SMILES string of the molecule is CN(Cc1nc2ccccc2[nH]1)CC(C)(C)CN. The maximum absolute atomic E-state index is 5.76. The monoisotopic (exact) mass is 246 g/mol. The van der Waals surface area contributed by atoms with E-state index >= 15 is 0 Å². The molecule has 0 radical (unpaired) electrons. The van der Waals surface area contributed by atoms with E-state index < -0.39 is 0 Å². The van der Waals surface area contributed by atoms with E-state index in [1.54, 1.807) is 0 Å². The molecule has 0 unspecified atom stereocenters. The summed E-state index contributed by atoms with van der Waals surface area (Å²) in [5.74, 6) is 1.01. The van der Waals surface area contributed by atoms with Crippen LogP contribution in [0.1, 0.15) is 19.7 Å². The Morgan fingerprint density at radius 2 is 2.06 bits per heavy atom. The van der Waals surface area contributed by atoms with Gasteiger partial charge in [-0.1, -0.05) is 26.0 Å². The number of aromatic nitrogens is 2. The molecule has 0 spiro atoms. The molecule has 4 heteroatoms. The maximum Gasteiger partial charge on any atom is 0.121 e. The van der Waals surface area contributed by atoms with Crippen molar-refractivity contribution < 1.29 is 0 Å². The number of nitrogens with two attached hydrogens (primary N) is 1. The molecule has 0 bridgehead atoms. The number of nitrogens with one attached hydrogen (secondary N) is 1. The summed E-state index contributed by atoms with van der Waals surface area (Å²) in [6, 6.07) is 8.11. The molecule has 0 saturated heterocycles. The van der Waals surface area contributed by atoms with Gasteiger partial charge < -0.3 is 10.7 Å². The van der Waals surface area contributed by atoms with Crippen molar-refractivity contribution >= 4 is 11.0 Å². The van der Waals surface area contributed by atoms with Crippen LogP contribution in [0.3, 0.4) is 0 Å². The molecule has 1 aromatic carbocycles. The topological polar surface area (TPSA) is 57.9 Å². The standard InChI is InChI=1S/C14H22N4/c1-14(2,9-15)10-18(3)8-13-16-11-6-4-5-7-12(11)17-13/h4-7H,8-10,15H2,1-3H3,(H,16,17). The lowest BCUT2D eigenvalue weighted by Crippen LogP contribution is -2.36. The third-order valence-corrected chi connectivity index (χ3v) is 3.11. The first-order valence-electron chi connectivity index (χ1n) is 6.32. The van der Waals surface area contributed by atoms with Crippen LogP contribution < -0.4 is 5.73 Å². The van der Waals surface area contributed by atoms with Crippen LogP contribution in [0.4, 0.5) is 0 Å². The van der Waals surface area contributed by atoms with Gasteiger partial charge in [-0.15, -0.1) is 0 Å². The van der Waals surface area contributed by atoms with Gasteiger partial charge in [-0.2, -0.15) is 0 Å². The first-order chi connectivity index (χ1) is 8.50. The Morgan fingerprint density at radius 3 is 2.72 bits per heavy atom. The van der Waals surface area contributed by atoms with Gasteiger partial charge in [-0.05, 0) is 31.1 Å². The number of aromatic amines is 1. The van der Waals surface area contributed by atoms with Gasteiger partial charge in [0.2, 0.25) is 0 Å². The molecule has 2 rings (SSSR count). The Bertz CT molecular complexity index is 482. The number of H-pyrrole nitrogens is 1. The second-order valence-corrected chi connectivity index (χ2v) is 5.74. The first-order valence-corrected chi connectivity index (χ1v) is 6.32. The Labute approximate surface area is 108 Å². The summed E-state index contributed by atoms with van der Waals surface area (Å²) >= 11 is 0. The molecule has 0 fully saturated rings. The van der Waals surface area contributed by atoms with Gasteiger partial charge in [0.25, 0.3) is 0 Å². The Balaban J connectivity index is 2.05. The third-order valence-electron chi connectivity index (χ3n) is 3.11. The zero-order chi connectivity index (χ0) is 13.2. The van der Waals surface area contributed by atoms with Gasteiger partial charge in [-0.25, -0.2) is 4.98 Å². The molecule has 18 heavy (non-hydrogen) atoms. The van der Waals surface area contributed by atoms with E-state index in [-0.39, 0.29) is 5.41 Å². The van der Waals surface area contributed by atoms with Crippen LogP contribution in [-0.2, 0) is 6.54 Å². The van der Waals surface area contributed by atoms with Gasteiger partial charge in [0, 0.05) is 6.54 Å². The van der Waals surface area contributed by atoms with Crippen molar-refractivity contribution in [1.82, 2.24) is 14.9 Å². The largest absolute Gasteiger partial charge is 0.341 e. The van der Waals surface area contributed by atoms with Gasteiger partial charge in [0.1, 0.15) is 5.82 Å². The van der Waals surface area contributed by atoms with Crippen LogP contribution in [0, 0.1) is 5.41 Å². The average molecular weight is 246 g/mol. The van der Waals surface area contributed by atoms with Crippen LogP contribution in [0.2, 0.25) is 0 Å². The molecule has 0 aliphatic heterocycles. The van der Waals surface area contributed by atoms with Crippen molar-refractivity contribution in [3.63, 3.8) is 0 Å². The fourth-order valence-electron chi connectivity index (χ4n) is 2.19. The van der Waals surface area contributed by atoms with Crippen LogP contribution in [0.15, 0.2) is 24.3 Å². The van der Waals surface area contributed by atoms with Gasteiger partial charge in [-0.3, -0.25) is 4.90 Å². The summed E-state index contributed by atoms with van der Waals surface area (Å²) in [5, 5.41) is 0. The number of para-hydroxylation sites is 2. The summed E-state index contributed by atoms with van der Waals surface area (Å²) in [6.07, 6.45) is 0. The van der Waals surface area contributed by atoms with Crippen LogP contribution in [0.5, 0.6) is 0 Å². The van der Waals surface area contributed by atoms with Crippen molar-refractivity contribution in [2.75, 3.05) is 20.1 Å². The summed E-state index contributed by atoms with van der Waals surface area (Å²) in [6.45, 7) is 6.83. The molecule has 0 amide bonds. The number of imidazole rings is 1. The van der Waals surface area contributed by atoms with E-state index in [2.05, 4.69) is 41.8 Å². The molecule has 3 N–H and O–H groups in total. The van der Waals surface area contributed by atoms with E-state index in [9.17, 15) is 0 Å². The number of hydrogen-bond acceptors (Lipinski definition) is 3. The van der Waals surface area contributed by atoms with Crippen molar-refractivity contribution in [2.24, 2.45) is 11.1 Å². The lowest BCUT2D eigenvalue weighted by molar-refractivity contribution is 0.207. The molecule has 0 aliphatic rings. The van der Waals surface area contributed by atoms with Gasteiger partial charge in [0.15, 0.2) is 0 Å². The molecular formula is C14H22N4. The van der Waals surface area contributed by atoms with E-state index in [1.165, 1.54) is 0 Å². The fourth-order valence-corrected chi connectivity index (χ4v) is 2.19. The summed E-state index contributed by atoms with van der Waals surface area (Å²) in [4.78, 5) is 10.2. The average Bonchev–Trinajstić information content (AvgIpc) is 2.70. The highest BCUT2D eigenvalue weighted by molar-refractivity contribution is 5.74. The van der Waals surface area contributed by atoms with Gasteiger partial charge >= 0.3 is 0 Å². The molecule has 0 saturated carbocycles. The molecule has 0 atom stereocenters. The number of hydrogen-bond donors (Lipinski definition) is 2. The van der Waals surface area contributed by atoms with E-state index in [1.807, 2.05) is 18.2 Å². The number of benzene rings is 1. The minimum Gasteiger partial charge on any atom is -0.341 e. The lowest BCUT2D eigenvalue weighted by atomic mass is 9.93. The second-order valence-electron chi connectivity index (χ2n) is 5.74.